The summed E-state index contributed by atoms with van der Waals surface area (Å²) >= 11 is 1.68. The molecule has 0 radical (unpaired) electrons. The summed E-state index contributed by atoms with van der Waals surface area (Å²) in [6.45, 7) is 6.48. The van der Waals surface area contributed by atoms with Crippen molar-refractivity contribution in [3.05, 3.63) is 40.7 Å². The van der Waals surface area contributed by atoms with Crippen molar-refractivity contribution in [3.8, 4) is 23.6 Å². The van der Waals surface area contributed by atoms with E-state index in [0.29, 0.717) is 5.92 Å². The monoisotopic (exact) mass is 320 g/mol. The summed E-state index contributed by atoms with van der Waals surface area (Å²) in [5, 5.41) is 4.28. The Hall–Kier alpha value is -2.58. The van der Waals surface area contributed by atoms with Gasteiger partial charge in [-0.15, -0.1) is 17.8 Å². The quantitative estimate of drug-likeness (QED) is 0.558. The Balaban J connectivity index is 2.01. The average molecular weight is 320 g/mol. The summed E-state index contributed by atoms with van der Waals surface area (Å²) in [5.41, 5.74) is 6.68. The SMILES string of the molecule is C#Cc1cc2[nH]c(-c3cc(C)c4ncnn4c3)c(C(C)C)c2s1. The van der Waals surface area contributed by atoms with Crippen molar-refractivity contribution >= 4 is 27.2 Å². The number of hydrogen-bond donors (Lipinski definition) is 1. The highest BCUT2D eigenvalue weighted by molar-refractivity contribution is 7.19. The summed E-state index contributed by atoms with van der Waals surface area (Å²) < 4.78 is 3.08. The van der Waals surface area contributed by atoms with Gasteiger partial charge in [0.15, 0.2) is 5.65 Å². The molecule has 4 rings (SSSR count). The van der Waals surface area contributed by atoms with Crippen molar-refractivity contribution < 1.29 is 0 Å². The summed E-state index contributed by atoms with van der Waals surface area (Å²) in [6.07, 6.45) is 9.16. The second-order valence-electron chi connectivity index (χ2n) is 6.01. The predicted octanol–water partition coefficient (Wildman–Crippen LogP) is 4.35. The van der Waals surface area contributed by atoms with E-state index in [4.69, 9.17) is 6.42 Å². The highest BCUT2D eigenvalue weighted by Crippen LogP contribution is 2.39. The van der Waals surface area contributed by atoms with Gasteiger partial charge in [-0.05, 0) is 36.1 Å². The van der Waals surface area contributed by atoms with Crippen LogP contribution in [0.25, 0.3) is 27.1 Å². The van der Waals surface area contributed by atoms with Gasteiger partial charge in [-0.3, -0.25) is 0 Å². The first-order chi connectivity index (χ1) is 11.1. The lowest BCUT2D eigenvalue weighted by Crippen LogP contribution is -1.95. The van der Waals surface area contributed by atoms with Crippen LogP contribution in [-0.2, 0) is 0 Å². The Morgan fingerprint density at radius 3 is 2.91 bits per heavy atom. The second kappa shape index (κ2) is 4.97. The Morgan fingerprint density at radius 1 is 1.35 bits per heavy atom. The maximum atomic E-state index is 5.55. The molecule has 4 aromatic rings. The minimum absolute atomic E-state index is 0.398. The minimum atomic E-state index is 0.398. The largest absolute Gasteiger partial charge is 0.353 e. The number of rotatable bonds is 2. The summed E-state index contributed by atoms with van der Waals surface area (Å²) in [5.74, 6) is 3.13. The van der Waals surface area contributed by atoms with Gasteiger partial charge in [0.05, 0.1) is 20.8 Å². The second-order valence-corrected chi connectivity index (χ2v) is 7.06. The van der Waals surface area contributed by atoms with Crippen LogP contribution in [0.4, 0.5) is 0 Å². The van der Waals surface area contributed by atoms with Crippen molar-refractivity contribution in [1.82, 2.24) is 19.6 Å². The number of pyridine rings is 1. The Morgan fingerprint density at radius 2 is 2.17 bits per heavy atom. The Bertz CT molecular complexity index is 1070. The number of aryl methyl sites for hydroxylation is 1. The van der Waals surface area contributed by atoms with Crippen LogP contribution < -0.4 is 0 Å². The van der Waals surface area contributed by atoms with Gasteiger partial charge >= 0.3 is 0 Å². The number of terminal acetylenes is 1. The van der Waals surface area contributed by atoms with Gasteiger partial charge in [0, 0.05) is 11.8 Å². The molecule has 0 spiro atoms. The van der Waals surface area contributed by atoms with E-state index < -0.39 is 0 Å². The number of aromatic nitrogens is 4. The number of aromatic amines is 1. The van der Waals surface area contributed by atoms with Gasteiger partial charge in [0.2, 0.25) is 0 Å². The van der Waals surface area contributed by atoms with Crippen molar-refractivity contribution in [2.24, 2.45) is 0 Å². The molecular formula is C18H16N4S. The topological polar surface area (TPSA) is 46.0 Å². The molecule has 1 N–H and O–H groups in total. The molecule has 0 atom stereocenters. The molecule has 0 aliphatic carbocycles. The van der Waals surface area contributed by atoms with Gasteiger partial charge in [-0.25, -0.2) is 9.50 Å². The lowest BCUT2D eigenvalue weighted by atomic mass is 9.99. The minimum Gasteiger partial charge on any atom is -0.353 e. The molecule has 0 bridgehead atoms. The summed E-state index contributed by atoms with van der Waals surface area (Å²) in [4.78, 5) is 8.80. The summed E-state index contributed by atoms with van der Waals surface area (Å²) in [6, 6.07) is 4.21. The Kier molecular flexibility index (Phi) is 3.03. The maximum absolute atomic E-state index is 5.55. The Labute approximate surface area is 138 Å². The van der Waals surface area contributed by atoms with Gasteiger partial charge in [-0.1, -0.05) is 19.8 Å². The van der Waals surface area contributed by atoms with Crippen LogP contribution in [0.15, 0.2) is 24.7 Å². The van der Waals surface area contributed by atoms with E-state index in [0.717, 1.165) is 32.9 Å². The molecule has 5 heteroatoms. The average Bonchev–Trinajstić information content (AvgIpc) is 3.19. The number of H-pyrrole nitrogens is 1. The first-order valence-corrected chi connectivity index (χ1v) is 8.32. The molecule has 0 amide bonds. The normalized spacial score (nSPS) is 11.6. The molecule has 0 saturated carbocycles. The van der Waals surface area contributed by atoms with Crippen LogP contribution in [0, 0.1) is 19.3 Å². The van der Waals surface area contributed by atoms with Crippen LogP contribution in [0.5, 0.6) is 0 Å². The van der Waals surface area contributed by atoms with Crippen LogP contribution in [0.2, 0.25) is 0 Å². The molecule has 114 valence electrons. The number of fused-ring (bicyclic) bond motifs is 2. The first-order valence-electron chi connectivity index (χ1n) is 7.51. The van der Waals surface area contributed by atoms with E-state index in [-0.39, 0.29) is 0 Å². The van der Waals surface area contributed by atoms with E-state index in [1.54, 1.807) is 17.7 Å². The number of nitrogens with zero attached hydrogens (tertiary/aromatic N) is 3. The maximum Gasteiger partial charge on any atom is 0.158 e. The molecule has 4 nitrogen and oxygen atoms in total. The van der Waals surface area contributed by atoms with Crippen LogP contribution in [-0.4, -0.2) is 19.6 Å². The predicted molar refractivity (Wildman–Crippen MR) is 94.9 cm³/mol. The van der Waals surface area contributed by atoms with Crippen LogP contribution >= 0.6 is 11.3 Å². The lowest BCUT2D eigenvalue weighted by Gasteiger charge is -2.09. The van der Waals surface area contributed by atoms with Crippen molar-refractivity contribution in [2.75, 3.05) is 0 Å². The fourth-order valence-electron chi connectivity index (χ4n) is 3.08. The third-order valence-corrected chi connectivity index (χ3v) is 5.17. The third-order valence-electron chi connectivity index (χ3n) is 4.07. The van der Waals surface area contributed by atoms with E-state index >= 15 is 0 Å². The zero-order chi connectivity index (χ0) is 16.1. The third kappa shape index (κ3) is 2.07. The molecule has 0 aromatic carbocycles. The van der Waals surface area contributed by atoms with Crippen LogP contribution in [0.1, 0.15) is 35.8 Å². The van der Waals surface area contributed by atoms with E-state index in [1.165, 1.54) is 10.3 Å². The van der Waals surface area contributed by atoms with Gasteiger partial charge in [0.25, 0.3) is 0 Å². The highest BCUT2D eigenvalue weighted by Gasteiger charge is 2.19. The molecule has 0 saturated heterocycles. The van der Waals surface area contributed by atoms with E-state index in [9.17, 15) is 0 Å². The van der Waals surface area contributed by atoms with Crippen LogP contribution in [0.3, 0.4) is 0 Å². The highest BCUT2D eigenvalue weighted by atomic mass is 32.1. The van der Waals surface area contributed by atoms with Crippen molar-refractivity contribution in [3.63, 3.8) is 0 Å². The number of nitrogens with one attached hydrogen (secondary N) is 1. The van der Waals surface area contributed by atoms with Gasteiger partial charge in [-0.2, -0.15) is 5.10 Å². The standard InChI is InChI=1S/C18H16N4S/c1-5-13-7-14-17(23-13)15(10(2)3)16(21-14)12-6-11(4)18-19-9-20-22(18)8-12/h1,6-10,21H,2-4H3. The smallest absolute Gasteiger partial charge is 0.158 e. The zero-order valence-corrected chi connectivity index (χ0v) is 14.0. The van der Waals surface area contributed by atoms with Crippen molar-refractivity contribution in [1.29, 1.82) is 0 Å². The number of hydrogen-bond acceptors (Lipinski definition) is 3. The summed E-state index contributed by atoms with van der Waals surface area (Å²) in [7, 11) is 0. The molecule has 4 aromatic heterocycles. The number of thiophene rings is 1. The van der Waals surface area contributed by atoms with Gasteiger partial charge in [0.1, 0.15) is 6.33 Å². The lowest BCUT2D eigenvalue weighted by molar-refractivity contribution is 0.878. The van der Waals surface area contributed by atoms with Crippen molar-refractivity contribution in [2.45, 2.75) is 26.7 Å². The molecule has 0 aliphatic heterocycles. The fraction of sp³-hybridized carbons (Fsp3) is 0.222. The molecule has 4 heterocycles. The van der Waals surface area contributed by atoms with E-state index in [2.05, 4.69) is 53.9 Å². The van der Waals surface area contributed by atoms with Gasteiger partial charge < -0.3 is 4.98 Å². The first kappa shape index (κ1) is 14.0. The molecule has 0 fully saturated rings. The molecule has 23 heavy (non-hydrogen) atoms. The zero-order valence-electron chi connectivity index (χ0n) is 13.2. The fourth-order valence-corrected chi connectivity index (χ4v) is 4.20. The molecular weight excluding hydrogens is 304 g/mol. The molecule has 0 aliphatic rings. The molecule has 0 unspecified atom stereocenters. The van der Waals surface area contributed by atoms with E-state index in [1.807, 2.05) is 10.7 Å².